The molecule has 6 nitrogen and oxygen atoms in total. The third kappa shape index (κ3) is 18.0. The topological polar surface area (TPSA) is 23.3 Å². The van der Waals surface area contributed by atoms with E-state index in [1.54, 1.807) is 36.0 Å². The number of hydrogen-bond donors (Lipinski definition) is 0. The van der Waals surface area contributed by atoms with Crippen LogP contribution in [0, 0.1) is 104 Å². The van der Waals surface area contributed by atoms with E-state index in [2.05, 4.69) is 275 Å². The molecule has 0 fully saturated rings. The Morgan fingerprint density at radius 2 is 0.677 bits per heavy atom. The van der Waals surface area contributed by atoms with Gasteiger partial charge in [-0.15, -0.1) is 0 Å². The lowest BCUT2D eigenvalue weighted by molar-refractivity contribution is -0.666. The fourth-order valence-corrected chi connectivity index (χ4v) is 11.8. The number of hydrogen-bond acceptors (Lipinski definition) is 0. The summed E-state index contributed by atoms with van der Waals surface area (Å²) in [5.41, 5.74) is 32.4. The summed E-state index contributed by atoms with van der Waals surface area (Å²) in [6, 6.07) is 69.8. The SMILES string of the molecule is Cc1cc[n+](C)c(-c2ccccc2C)c1.Cc1ccccc1-c1c(C)c(C)c(C)c[n+]1C.Cc1ccccc1-c1c(C)c(C)cc[n+]1C.Cc1ccccc1-c1c(C)ccc[n+]1C.[2H]C([2H])([2H])c1ccc(-c2ccccc2C)[n+](C)c1.[2H]C([2H])([2H])c1cccc(-c2ccccc2C)[n+]1C. The lowest BCUT2D eigenvalue weighted by Crippen LogP contribution is -2.34. The zero-order valence-corrected chi connectivity index (χ0v) is 58.7. The van der Waals surface area contributed by atoms with Crippen molar-refractivity contribution in [1.82, 2.24) is 0 Å². The van der Waals surface area contributed by atoms with E-state index in [0.29, 0.717) is 11.3 Å². The summed E-state index contributed by atoms with van der Waals surface area (Å²) in [7, 11) is 12.1. The zero-order chi connectivity index (χ0) is 72.6. The first kappa shape index (κ1) is 62.0. The Kier molecular flexibility index (Phi) is 22.0. The molecule has 0 radical (unpaired) electrons. The van der Waals surface area contributed by atoms with Crippen molar-refractivity contribution in [2.24, 2.45) is 42.3 Å². The molecule has 12 rings (SSSR count). The van der Waals surface area contributed by atoms with Gasteiger partial charge in [0.15, 0.2) is 36.7 Å². The lowest BCUT2D eigenvalue weighted by atomic mass is 9.97. The number of nitrogens with zero attached hydrogens (tertiary/aromatic N) is 6. The van der Waals surface area contributed by atoms with Crippen molar-refractivity contribution in [3.05, 3.63) is 321 Å². The molecule has 0 aliphatic rings. The molecule has 0 bridgehead atoms. The van der Waals surface area contributed by atoms with E-state index in [9.17, 15) is 0 Å². The van der Waals surface area contributed by atoms with Gasteiger partial charge in [-0.3, -0.25) is 0 Å². The van der Waals surface area contributed by atoms with Gasteiger partial charge in [0, 0.05) is 119 Å². The minimum absolute atomic E-state index is 0.350. The predicted molar refractivity (Wildman–Crippen MR) is 389 cm³/mol. The fraction of sp³-hybridized carbons (Fsp3) is 0.241. The van der Waals surface area contributed by atoms with Crippen LogP contribution in [0.2, 0.25) is 0 Å². The fourth-order valence-electron chi connectivity index (χ4n) is 11.8. The van der Waals surface area contributed by atoms with Crippen LogP contribution in [-0.4, -0.2) is 0 Å². The molecule has 6 aromatic heterocycles. The summed E-state index contributed by atoms with van der Waals surface area (Å²) in [5.74, 6) is 0. The maximum atomic E-state index is 7.54. The van der Waals surface area contributed by atoms with Gasteiger partial charge in [-0.2, -0.15) is 4.57 Å². The molecule has 474 valence electrons. The molecule has 6 heteroatoms. The average molecular weight is 1240 g/mol. The van der Waals surface area contributed by atoms with Crippen molar-refractivity contribution in [1.29, 1.82) is 0 Å². The summed E-state index contributed by atoms with van der Waals surface area (Å²) < 4.78 is 57.2. The minimum atomic E-state index is -2.09. The normalized spacial score (nSPS) is 11.6. The number of benzene rings is 6. The number of pyridine rings is 6. The summed E-state index contributed by atoms with van der Waals surface area (Å²) in [6.07, 6.45) is 10.2. The number of aromatic nitrogens is 6. The largest absolute Gasteiger partial charge is 0.215 e. The Balaban J connectivity index is 0.000000167. The van der Waals surface area contributed by atoms with Gasteiger partial charge in [0.1, 0.15) is 42.3 Å². The highest BCUT2D eigenvalue weighted by molar-refractivity contribution is 5.68. The molecule has 0 unspecified atom stereocenters. The maximum absolute atomic E-state index is 7.54. The first-order valence-electron chi connectivity index (χ1n) is 35.0. The predicted octanol–water partition coefficient (Wildman–Crippen LogP) is 17.7. The highest BCUT2D eigenvalue weighted by Crippen LogP contribution is 2.28. The van der Waals surface area contributed by atoms with E-state index in [4.69, 9.17) is 8.22 Å². The molecule has 0 aliphatic carbocycles. The van der Waals surface area contributed by atoms with Crippen LogP contribution in [0.3, 0.4) is 0 Å². The monoisotopic (exact) mass is 1240 g/mol. The van der Waals surface area contributed by atoms with Crippen molar-refractivity contribution in [2.75, 3.05) is 0 Å². The highest BCUT2D eigenvalue weighted by atomic mass is 15.0. The van der Waals surface area contributed by atoms with Crippen molar-refractivity contribution in [2.45, 2.75) is 104 Å². The van der Waals surface area contributed by atoms with Crippen molar-refractivity contribution in [3.8, 4) is 67.5 Å². The second-order valence-electron chi connectivity index (χ2n) is 24.6. The van der Waals surface area contributed by atoms with E-state index < -0.39 is 13.7 Å². The third-order valence-electron chi connectivity index (χ3n) is 17.6. The molecule has 0 spiro atoms. The zero-order valence-electron chi connectivity index (χ0n) is 64.7. The van der Waals surface area contributed by atoms with Gasteiger partial charge in [-0.05, 0) is 202 Å². The standard InChI is InChI=1S/C16H20N.C15H18N.4C14H16N/c1-11-8-6-7-9-15(11)16-14(4)13(3)12(2)10-17(16)5;1-11-9-10-16(4)15(13(11)3)14-8-6-5-7-12(14)2;1-11-7-4-5-9-13(11)14-12(2)8-6-10-15(14)3;1-11-7-4-5-9-13(11)14-10-6-8-12(2)15(14)3;1-11-8-9-15(3)14(10-11)13-7-5-4-6-12(13)2;1-11-8-9-14(15(3)10-11)13-7-5-4-6-12(13)2/h6-10H,1-5H3;5-10H,1-4H3;4*4-10H,1-3H3/q6*+1/i;;;2D3;;1D3. The van der Waals surface area contributed by atoms with E-state index in [1.807, 2.05) is 86.1 Å². The highest BCUT2D eigenvalue weighted by Gasteiger charge is 2.21. The quantitative estimate of drug-likeness (QED) is 0.148. The molecule has 0 saturated heterocycles. The first-order chi connectivity index (χ1) is 46.8. The molecule has 0 atom stereocenters. The Labute approximate surface area is 567 Å². The van der Waals surface area contributed by atoms with Gasteiger partial charge in [-0.1, -0.05) is 109 Å². The van der Waals surface area contributed by atoms with Crippen molar-refractivity contribution in [3.63, 3.8) is 0 Å². The van der Waals surface area contributed by atoms with E-state index >= 15 is 0 Å². The average Bonchev–Trinajstić information content (AvgIpc) is 0.813. The molecule has 12 aromatic rings. The minimum Gasteiger partial charge on any atom is -0.201 e. The molecule has 6 heterocycles. The van der Waals surface area contributed by atoms with E-state index in [-0.39, 0.29) is 0 Å². The van der Waals surface area contributed by atoms with Gasteiger partial charge >= 0.3 is 0 Å². The molecule has 6 aromatic carbocycles. The van der Waals surface area contributed by atoms with Crippen LogP contribution in [0.25, 0.3) is 67.5 Å². The smallest absolute Gasteiger partial charge is 0.201 e. The number of rotatable bonds is 6. The second-order valence-corrected chi connectivity index (χ2v) is 24.6. The van der Waals surface area contributed by atoms with Gasteiger partial charge in [-0.25, -0.2) is 22.8 Å². The van der Waals surface area contributed by atoms with Gasteiger partial charge in [0.2, 0.25) is 34.2 Å². The molecule has 93 heavy (non-hydrogen) atoms. The molecule has 0 aliphatic heterocycles. The summed E-state index contributed by atoms with van der Waals surface area (Å²) in [5, 5.41) is 0. The molecular weight excluding hydrogens is 1130 g/mol. The van der Waals surface area contributed by atoms with Crippen LogP contribution in [-0.2, 0) is 42.3 Å². The maximum Gasteiger partial charge on any atom is 0.215 e. The van der Waals surface area contributed by atoms with Crippen molar-refractivity contribution < 1.29 is 35.6 Å². The lowest BCUT2D eigenvalue weighted by Gasteiger charge is -2.10. The molecule has 0 amide bonds. The van der Waals surface area contributed by atoms with Crippen molar-refractivity contribution >= 4 is 0 Å². The molecular formula is C87H102N6+6. The summed E-state index contributed by atoms with van der Waals surface area (Å²) in [4.78, 5) is 0. The van der Waals surface area contributed by atoms with Crippen LogP contribution in [0.1, 0.15) is 91.8 Å². The van der Waals surface area contributed by atoms with E-state index in [1.165, 1.54) is 112 Å². The Morgan fingerprint density at radius 1 is 0.247 bits per heavy atom. The van der Waals surface area contributed by atoms with Crippen LogP contribution in [0.15, 0.2) is 237 Å². The van der Waals surface area contributed by atoms with Gasteiger partial charge in [0.05, 0.1) is 0 Å². The molecule has 0 N–H and O–H groups in total. The van der Waals surface area contributed by atoms with Gasteiger partial charge in [0.25, 0.3) is 0 Å². The van der Waals surface area contributed by atoms with Crippen LogP contribution in [0.4, 0.5) is 0 Å². The summed E-state index contributed by atoms with van der Waals surface area (Å²) in [6.45, 7) is 23.8. The number of aryl methyl sites for hydroxylation is 17. The Morgan fingerprint density at radius 3 is 1.15 bits per heavy atom. The molecule has 0 saturated carbocycles. The van der Waals surface area contributed by atoms with Crippen LogP contribution < -0.4 is 27.4 Å². The summed E-state index contributed by atoms with van der Waals surface area (Å²) >= 11 is 0. The second kappa shape index (κ2) is 33.0. The first-order valence-corrected chi connectivity index (χ1v) is 32.0. The van der Waals surface area contributed by atoms with Gasteiger partial charge < -0.3 is 0 Å². The van der Waals surface area contributed by atoms with Crippen LogP contribution in [0.5, 0.6) is 0 Å². The Bertz CT molecular complexity index is 4750. The Hall–Kier alpha value is -9.78. The van der Waals surface area contributed by atoms with E-state index in [0.717, 1.165) is 28.1 Å². The van der Waals surface area contributed by atoms with Crippen LogP contribution >= 0.6 is 0 Å². The third-order valence-corrected chi connectivity index (χ3v) is 17.6.